The van der Waals surface area contributed by atoms with Gasteiger partial charge in [-0.3, -0.25) is 9.69 Å². The topological polar surface area (TPSA) is 74.7 Å². The molecule has 1 aromatic rings. The number of carboxylic acid groups (broad SMARTS) is 1. The van der Waals surface area contributed by atoms with E-state index in [2.05, 4.69) is 0 Å². The van der Waals surface area contributed by atoms with Gasteiger partial charge in [-0.1, -0.05) is 6.92 Å². The van der Waals surface area contributed by atoms with E-state index in [0.717, 1.165) is 16.9 Å². The van der Waals surface area contributed by atoms with Crippen molar-refractivity contribution >= 4 is 27.1 Å². The lowest BCUT2D eigenvalue weighted by atomic mass is 10.0. The van der Waals surface area contributed by atoms with Crippen LogP contribution in [0.5, 0.6) is 0 Å². The fourth-order valence-corrected chi connectivity index (χ4v) is 4.81. The SMILES string of the molecule is CCCS(=O)(=O)CCN1CCc2sccc2C1C(=O)O. The molecular weight excluding hydrogens is 298 g/mol. The Morgan fingerprint density at radius 3 is 2.90 bits per heavy atom. The van der Waals surface area contributed by atoms with Crippen LogP contribution in [-0.2, 0) is 21.1 Å². The molecule has 1 aromatic heterocycles. The first-order valence-electron chi connectivity index (χ1n) is 6.68. The summed E-state index contributed by atoms with van der Waals surface area (Å²) in [5.41, 5.74) is 0.821. The van der Waals surface area contributed by atoms with Gasteiger partial charge in [0.05, 0.1) is 5.75 Å². The fourth-order valence-electron chi connectivity index (χ4n) is 2.57. The standard InChI is InChI=1S/C13H19NO4S2/c1-2-8-20(17,18)9-6-14-5-3-11-10(4-7-19-11)12(14)13(15)16/h4,7,12H,2-3,5-6,8-9H2,1H3,(H,15,16). The average molecular weight is 317 g/mol. The summed E-state index contributed by atoms with van der Waals surface area (Å²) in [7, 11) is -3.08. The minimum absolute atomic E-state index is 0.0318. The van der Waals surface area contributed by atoms with Crippen LogP contribution in [0.15, 0.2) is 11.4 Å². The Morgan fingerprint density at radius 1 is 1.50 bits per heavy atom. The third-order valence-electron chi connectivity index (χ3n) is 3.50. The first-order chi connectivity index (χ1) is 9.44. The second kappa shape index (κ2) is 6.24. The van der Waals surface area contributed by atoms with Crippen LogP contribution < -0.4 is 0 Å². The van der Waals surface area contributed by atoms with Gasteiger partial charge in [0.15, 0.2) is 9.84 Å². The predicted octanol–water partition coefficient (Wildman–Crippen LogP) is 1.56. The molecule has 0 bridgehead atoms. The molecule has 1 atom stereocenters. The molecule has 112 valence electrons. The van der Waals surface area contributed by atoms with Crippen molar-refractivity contribution in [3.8, 4) is 0 Å². The third kappa shape index (κ3) is 3.39. The number of hydrogen-bond donors (Lipinski definition) is 1. The summed E-state index contributed by atoms with van der Waals surface area (Å²) >= 11 is 1.57. The Balaban J connectivity index is 2.11. The van der Waals surface area contributed by atoms with Crippen molar-refractivity contribution in [2.75, 3.05) is 24.6 Å². The minimum Gasteiger partial charge on any atom is -0.480 e. The van der Waals surface area contributed by atoms with E-state index >= 15 is 0 Å². The van der Waals surface area contributed by atoms with E-state index < -0.39 is 21.8 Å². The molecule has 0 amide bonds. The molecule has 5 nitrogen and oxygen atoms in total. The van der Waals surface area contributed by atoms with Gasteiger partial charge in [0.1, 0.15) is 6.04 Å². The zero-order valence-electron chi connectivity index (χ0n) is 11.4. The van der Waals surface area contributed by atoms with E-state index in [-0.39, 0.29) is 18.1 Å². The Labute approximate surface area is 123 Å². The Bertz CT molecular complexity index is 579. The smallest absolute Gasteiger partial charge is 0.325 e. The molecule has 20 heavy (non-hydrogen) atoms. The van der Waals surface area contributed by atoms with E-state index in [4.69, 9.17) is 0 Å². The molecule has 7 heteroatoms. The molecule has 2 heterocycles. The van der Waals surface area contributed by atoms with Crippen molar-refractivity contribution in [2.24, 2.45) is 0 Å². The molecular formula is C13H19NO4S2. The van der Waals surface area contributed by atoms with E-state index in [9.17, 15) is 18.3 Å². The normalized spacial score (nSPS) is 19.8. The van der Waals surface area contributed by atoms with Crippen LogP contribution in [-0.4, -0.2) is 49.0 Å². The van der Waals surface area contributed by atoms with E-state index in [0.29, 0.717) is 13.0 Å². The highest BCUT2D eigenvalue weighted by atomic mass is 32.2. The van der Waals surface area contributed by atoms with Crippen molar-refractivity contribution in [3.63, 3.8) is 0 Å². The Morgan fingerprint density at radius 2 is 2.25 bits per heavy atom. The highest BCUT2D eigenvalue weighted by Gasteiger charge is 2.33. The third-order valence-corrected chi connectivity index (χ3v) is 6.34. The molecule has 0 radical (unpaired) electrons. The maximum absolute atomic E-state index is 11.8. The molecule has 0 spiro atoms. The predicted molar refractivity (Wildman–Crippen MR) is 78.9 cm³/mol. The molecule has 1 unspecified atom stereocenters. The van der Waals surface area contributed by atoms with Gasteiger partial charge in [-0.2, -0.15) is 0 Å². The maximum Gasteiger partial charge on any atom is 0.325 e. The van der Waals surface area contributed by atoms with Crippen molar-refractivity contribution in [2.45, 2.75) is 25.8 Å². The van der Waals surface area contributed by atoms with Crippen molar-refractivity contribution in [3.05, 3.63) is 21.9 Å². The highest BCUT2D eigenvalue weighted by molar-refractivity contribution is 7.91. The fraction of sp³-hybridized carbons (Fsp3) is 0.615. The van der Waals surface area contributed by atoms with Crippen molar-refractivity contribution in [1.82, 2.24) is 4.90 Å². The van der Waals surface area contributed by atoms with Crippen LogP contribution in [0, 0.1) is 0 Å². The van der Waals surface area contributed by atoms with Gasteiger partial charge in [0.2, 0.25) is 0 Å². The molecule has 0 saturated carbocycles. The van der Waals surface area contributed by atoms with Crippen LogP contribution >= 0.6 is 11.3 Å². The second-order valence-corrected chi connectivity index (χ2v) is 8.28. The second-order valence-electron chi connectivity index (χ2n) is 4.98. The van der Waals surface area contributed by atoms with Gasteiger partial charge >= 0.3 is 5.97 Å². The monoisotopic (exact) mass is 317 g/mol. The molecule has 1 aliphatic rings. The van der Waals surface area contributed by atoms with Crippen molar-refractivity contribution in [1.29, 1.82) is 0 Å². The summed E-state index contributed by atoms with van der Waals surface area (Å²) in [6.45, 7) is 2.72. The van der Waals surface area contributed by atoms with Crippen LogP contribution in [0.25, 0.3) is 0 Å². The number of thiophene rings is 1. The van der Waals surface area contributed by atoms with Crippen molar-refractivity contribution < 1.29 is 18.3 Å². The molecule has 0 aromatic carbocycles. The van der Waals surface area contributed by atoms with Crippen LogP contribution in [0.1, 0.15) is 29.8 Å². The number of fused-ring (bicyclic) bond motifs is 1. The number of aliphatic carboxylic acids is 1. The number of nitrogens with zero attached hydrogens (tertiary/aromatic N) is 1. The molecule has 1 N–H and O–H groups in total. The summed E-state index contributed by atoms with van der Waals surface area (Å²) in [5, 5.41) is 11.3. The zero-order valence-corrected chi connectivity index (χ0v) is 13.0. The lowest BCUT2D eigenvalue weighted by Crippen LogP contribution is -2.41. The van der Waals surface area contributed by atoms with Crippen LogP contribution in [0.2, 0.25) is 0 Å². The average Bonchev–Trinajstić information content (AvgIpc) is 2.83. The summed E-state index contributed by atoms with van der Waals surface area (Å²) in [6, 6.07) is 1.13. The van der Waals surface area contributed by atoms with Crippen LogP contribution in [0.4, 0.5) is 0 Å². The Kier molecular flexibility index (Phi) is 4.82. The van der Waals surface area contributed by atoms with E-state index in [1.54, 1.807) is 16.2 Å². The molecule has 0 fully saturated rings. The lowest BCUT2D eigenvalue weighted by molar-refractivity contribution is -0.143. The molecule has 0 aliphatic carbocycles. The maximum atomic E-state index is 11.8. The van der Waals surface area contributed by atoms with Gasteiger partial charge < -0.3 is 5.11 Å². The van der Waals surface area contributed by atoms with Gasteiger partial charge in [-0.15, -0.1) is 11.3 Å². The quantitative estimate of drug-likeness (QED) is 0.862. The minimum atomic E-state index is -3.08. The number of carboxylic acids is 1. The molecule has 2 rings (SSSR count). The van der Waals surface area contributed by atoms with E-state index in [1.807, 2.05) is 18.4 Å². The summed E-state index contributed by atoms with van der Waals surface area (Å²) in [5.74, 6) is -0.705. The van der Waals surface area contributed by atoms with Gasteiger partial charge in [0.25, 0.3) is 0 Å². The number of carbonyl (C=O) groups is 1. The summed E-state index contributed by atoms with van der Waals surface area (Å²) < 4.78 is 23.5. The molecule has 0 saturated heterocycles. The molecule has 1 aliphatic heterocycles. The number of hydrogen-bond acceptors (Lipinski definition) is 5. The summed E-state index contributed by atoms with van der Waals surface area (Å²) in [4.78, 5) is 14.4. The van der Waals surface area contributed by atoms with Gasteiger partial charge in [-0.05, 0) is 29.9 Å². The van der Waals surface area contributed by atoms with Gasteiger partial charge in [-0.25, -0.2) is 8.42 Å². The summed E-state index contributed by atoms with van der Waals surface area (Å²) in [6.07, 6.45) is 1.39. The van der Waals surface area contributed by atoms with E-state index in [1.165, 1.54) is 0 Å². The first kappa shape index (κ1) is 15.5. The number of rotatable bonds is 6. The zero-order chi connectivity index (χ0) is 14.8. The van der Waals surface area contributed by atoms with Gasteiger partial charge in [0, 0.05) is 23.7 Å². The first-order valence-corrected chi connectivity index (χ1v) is 9.38. The highest BCUT2D eigenvalue weighted by Crippen LogP contribution is 2.33. The lowest BCUT2D eigenvalue weighted by Gasteiger charge is -2.32. The Hall–Kier alpha value is -0.920. The van der Waals surface area contributed by atoms with Crippen LogP contribution in [0.3, 0.4) is 0 Å². The largest absolute Gasteiger partial charge is 0.480 e. The number of sulfone groups is 1.